The molecule has 2 N–H and O–H groups in total. The van der Waals surface area contributed by atoms with Crippen molar-refractivity contribution < 1.29 is 23.5 Å². The van der Waals surface area contributed by atoms with Gasteiger partial charge in [-0.25, -0.2) is 4.79 Å². The SMILES string of the molecule is COC(=O)[C@H](NCc1cccc(C(=O)NCc2ccco2)c1)c1ccc2c(c1)CCO2. The Hall–Kier alpha value is -3.58. The highest BCUT2D eigenvalue weighted by atomic mass is 16.5. The number of amides is 1. The molecule has 1 aliphatic rings. The van der Waals surface area contributed by atoms with Crippen LogP contribution in [0.3, 0.4) is 0 Å². The third-order valence-corrected chi connectivity index (χ3v) is 5.19. The summed E-state index contributed by atoms with van der Waals surface area (Å²) in [6.45, 7) is 1.37. The molecule has 1 amide bonds. The number of carbonyl (C=O) groups is 2. The van der Waals surface area contributed by atoms with E-state index in [0.717, 1.165) is 28.9 Å². The minimum absolute atomic E-state index is 0.193. The molecule has 0 unspecified atom stereocenters. The van der Waals surface area contributed by atoms with Gasteiger partial charge in [-0.3, -0.25) is 10.1 Å². The van der Waals surface area contributed by atoms with Crippen LogP contribution in [0.25, 0.3) is 0 Å². The van der Waals surface area contributed by atoms with Crippen molar-refractivity contribution in [2.45, 2.75) is 25.6 Å². The fourth-order valence-corrected chi connectivity index (χ4v) is 3.57. The van der Waals surface area contributed by atoms with Crippen molar-refractivity contribution in [3.05, 3.63) is 88.9 Å². The Balaban J connectivity index is 1.43. The van der Waals surface area contributed by atoms with Crippen molar-refractivity contribution in [1.82, 2.24) is 10.6 Å². The summed E-state index contributed by atoms with van der Waals surface area (Å²) in [6, 6.07) is 16.0. The number of benzene rings is 2. The van der Waals surface area contributed by atoms with Crippen LogP contribution in [-0.4, -0.2) is 25.6 Å². The number of rotatable bonds is 8. The first-order valence-electron chi connectivity index (χ1n) is 10.1. The highest BCUT2D eigenvalue weighted by Crippen LogP contribution is 2.28. The zero-order valence-corrected chi connectivity index (χ0v) is 17.2. The molecule has 31 heavy (non-hydrogen) atoms. The van der Waals surface area contributed by atoms with Gasteiger partial charge in [-0.2, -0.15) is 0 Å². The van der Waals surface area contributed by atoms with Crippen LogP contribution in [0.2, 0.25) is 0 Å². The zero-order valence-electron chi connectivity index (χ0n) is 17.2. The Bertz CT molecular complexity index is 1060. The maximum Gasteiger partial charge on any atom is 0.327 e. The van der Waals surface area contributed by atoms with E-state index in [-0.39, 0.29) is 11.9 Å². The third-order valence-electron chi connectivity index (χ3n) is 5.19. The molecule has 1 aliphatic heterocycles. The molecule has 2 aromatic carbocycles. The summed E-state index contributed by atoms with van der Waals surface area (Å²) in [7, 11) is 1.37. The van der Waals surface area contributed by atoms with Gasteiger partial charge in [0.1, 0.15) is 17.6 Å². The average Bonchev–Trinajstić information content (AvgIpc) is 3.49. The van der Waals surface area contributed by atoms with Gasteiger partial charge in [0.05, 0.1) is 26.5 Å². The molecule has 7 nitrogen and oxygen atoms in total. The molecule has 0 saturated heterocycles. The van der Waals surface area contributed by atoms with Gasteiger partial charge in [-0.15, -0.1) is 0 Å². The predicted molar refractivity (Wildman–Crippen MR) is 114 cm³/mol. The van der Waals surface area contributed by atoms with E-state index in [0.29, 0.717) is 31.0 Å². The van der Waals surface area contributed by atoms with Crippen molar-refractivity contribution in [2.75, 3.05) is 13.7 Å². The molecule has 0 bridgehead atoms. The topological polar surface area (TPSA) is 89.8 Å². The molecule has 160 valence electrons. The molecule has 7 heteroatoms. The minimum atomic E-state index is -0.618. The molecule has 0 fully saturated rings. The maximum absolute atomic E-state index is 12.5. The van der Waals surface area contributed by atoms with Gasteiger partial charge >= 0.3 is 5.97 Å². The van der Waals surface area contributed by atoms with Crippen LogP contribution in [0.4, 0.5) is 0 Å². The highest BCUT2D eigenvalue weighted by Gasteiger charge is 2.23. The lowest BCUT2D eigenvalue weighted by molar-refractivity contribution is -0.143. The van der Waals surface area contributed by atoms with Crippen LogP contribution in [0.5, 0.6) is 5.75 Å². The molecule has 3 aromatic rings. The van der Waals surface area contributed by atoms with E-state index in [1.165, 1.54) is 7.11 Å². The first-order valence-corrected chi connectivity index (χ1v) is 10.1. The number of fused-ring (bicyclic) bond motifs is 1. The van der Waals surface area contributed by atoms with Crippen LogP contribution >= 0.6 is 0 Å². The second kappa shape index (κ2) is 9.49. The minimum Gasteiger partial charge on any atom is -0.493 e. The normalized spacial score (nSPS) is 13.2. The number of carbonyl (C=O) groups excluding carboxylic acids is 2. The highest BCUT2D eigenvalue weighted by molar-refractivity contribution is 5.94. The van der Waals surface area contributed by atoms with Crippen LogP contribution in [-0.2, 0) is 29.0 Å². The molecule has 1 atom stereocenters. The molecule has 0 aliphatic carbocycles. The number of furan rings is 1. The summed E-state index contributed by atoms with van der Waals surface area (Å²) in [5, 5.41) is 6.08. The molecule has 0 spiro atoms. The summed E-state index contributed by atoms with van der Waals surface area (Å²) in [4.78, 5) is 24.9. The number of hydrogen-bond acceptors (Lipinski definition) is 6. The van der Waals surface area contributed by atoms with Crippen molar-refractivity contribution in [1.29, 1.82) is 0 Å². The number of ether oxygens (including phenoxy) is 2. The molecule has 2 heterocycles. The first-order chi connectivity index (χ1) is 15.1. The van der Waals surface area contributed by atoms with E-state index in [1.807, 2.05) is 30.3 Å². The second-order valence-electron chi connectivity index (χ2n) is 7.27. The zero-order chi connectivity index (χ0) is 21.6. The van der Waals surface area contributed by atoms with Gasteiger partial charge in [0.2, 0.25) is 0 Å². The van der Waals surface area contributed by atoms with E-state index in [9.17, 15) is 9.59 Å². The number of hydrogen-bond donors (Lipinski definition) is 2. The Morgan fingerprint density at radius 2 is 2.00 bits per heavy atom. The van der Waals surface area contributed by atoms with Gasteiger partial charge in [-0.05, 0) is 53.1 Å². The summed E-state index contributed by atoms with van der Waals surface area (Å²) in [6.07, 6.45) is 2.39. The van der Waals surface area contributed by atoms with Gasteiger partial charge in [0.25, 0.3) is 5.91 Å². The summed E-state index contributed by atoms with van der Waals surface area (Å²) in [5.41, 5.74) is 3.33. The van der Waals surface area contributed by atoms with E-state index in [2.05, 4.69) is 10.6 Å². The van der Waals surface area contributed by atoms with Gasteiger partial charge in [0.15, 0.2) is 0 Å². The van der Waals surface area contributed by atoms with Crippen molar-refractivity contribution >= 4 is 11.9 Å². The maximum atomic E-state index is 12.5. The fraction of sp³-hybridized carbons (Fsp3) is 0.250. The largest absolute Gasteiger partial charge is 0.493 e. The Morgan fingerprint density at radius 1 is 1.10 bits per heavy atom. The lowest BCUT2D eigenvalue weighted by Crippen LogP contribution is -2.29. The second-order valence-corrected chi connectivity index (χ2v) is 7.27. The Labute approximate surface area is 180 Å². The summed E-state index contributed by atoms with van der Waals surface area (Å²) < 4.78 is 15.8. The number of nitrogens with one attached hydrogen (secondary N) is 2. The predicted octanol–water partition coefficient (Wildman–Crippen LogP) is 3.15. The molecule has 1 aromatic heterocycles. The van der Waals surface area contributed by atoms with E-state index in [4.69, 9.17) is 13.9 Å². The third kappa shape index (κ3) is 4.95. The lowest BCUT2D eigenvalue weighted by atomic mass is 10.0. The van der Waals surface area contributed by atoms with Crippen LogP contribution in [0.15, 0.2) is 65.3 Å². The monoisotopic (exact) mass is 420 g/mol. The van der Waals surface area contributed by atoms with Gasteiger partial charge in [0, 0.05) is 18.5 Å². The molecular formula is C24H24N2O5. The van der Waals surface area contributed by atoms with Crippen LogP contribution in [0, 0.1) is 0 Å². The first kappa shape index (κ1) is 20.7. The number of methoxy groups -OCH3 is 1. The molecular weight excluding hydrogens is 396 g/mol. The smallest absolute Gasteiger partial charge is 0.327 e. The fourth-order valence-electron chi connectivity index (χ4n) is 3.57. The van der Waals surface area contributed by atoms with Crippen LogP contribution < -0.4 is 15.4 Å². The van der Waals surface area contributed by atoms with Crippen molar-refractivity contribution in [2.24, 2.45) is 0 Å². The van der Waals surface area contributed by atoms with E-state index in [1.54, 1.807) is 30.5 Å². The van der Waals surface area contributed by atoms with Crippen LogP contribution in [0.1, 0.15) is 38.9 Å². The molecule has 0 radical (unpaired) electrons. The Morgan fingerprint density at radius 3 is 2.81 bits per heavy atom. The van der Waals surface area contributed by atoms with Gasteiger partial charge < -0.3 is 19.2 Å². The Kier molecular flexibility index (Phi) is 6.33. The average molecular weight is 420 g/mol. The standard InChI is InChI=1S/C24H24N2O5/c1-29-24(28)22(18-7-8-21-17(13-18)9-11-31-21)25-14-16-4-2-5-19(12-16)23(27)26-15-20-6-3-10-30-20/h2-8,10,12-13,22,25H,9,11,14-15H2,1H3,(H,26,27)/t22-/m1/s1. The molecule has 0 saturated carbocycles. The van der Waals surface area contributed by atoms with Gasteiger partial charge in [-0.1, -0.05) is 18.2 Å². The molecule has 4 rings (SSSR count). The summed E-state index contributed by atoms with van der Waals surface area (Å²) >= 11 is 0. The van der Waals surface area contributed by atoms with Crippen molar-refractivity contribution in [3.63, 3.8) is 0 Å². The van der Waals surface area contributed by atoms with E-state index < -0.39 is 6.04 Å². The lowest BCUT2D eigenvalue weighted by Gasteiger charge is -2.18. The number of esters is 1. The quantitative estimate of drug-likeness (QED) is 0.544. The van der Waals surface area contributed by atoms with Crippen molar-refractivity contribution in [3.8, 4) is 5.75 Å². The summed E-state index contributed by atoms with van der Waals surface area (Å²) in [5.74, 6) is 0.986. The van der Waals surface area contributed by atoms with E-state index >= 15 is 0 Å².